The molecular formula is C20H28N6O2. The number of carbonyl (C=O) groups is 2. The van der Waals surface area contributed by atoms with E-state index in [1.807, 2.05) is 50.4 Å². The summed E-state index contributed by atoms with van der Waals surface area (Å²) in [6.45, 7) is 6.97. The number of anilines is 1. The summed E-state index contributed by atoms with van der Waals surface area (Å²) >= 11 is 0. The van der Waals surface area contributed by atoms with Crippen LogP contribution >= 0.6 is 0 Å². The fraction of sp³-hybridized carbons (Fsp3) is 0.450. The summed E-state index contributed by atoms with van der Waals surface area (Å²) in [5.41, 5.74) is 1.53. The van der Waals surface area contributed by atoms with Crippen LogP contribution in [-0.2, 0) is 4.79 Å². The number of para-hydroxylation sites is 2. The molecule has 0 aliphatic carbocycles. The number of hydrogen-bond donors (Lipinski definition) is 2. The molecular weight excluding hydrogens is 356 g/mol. The smallest absolute Gasteiger partial charge is 0.321 e. The van der Waals surface area contributed by atoms with E-state index in [1.54, 1.807) is 15.8 Å². The molecule has 150 valence electrons. The van der Waals surface area contributed by atoms with E-state index in [0.29, 0.717) is 38.4 Å². The van der Waals surface area contributed by atoms with E-state index >= 15 is 0 Å². The summed E-state index contributed by atoms with van der Waals surface area (Å²) in [5, 5.41) is 10.2. The third kappa shape index (κ3) is 5.10. The van der Waals surface area contributed by atoms with Crippen molar-refractivity contribution >= 4 is 17.6 Å². The normalized spacial score (nSPS) is 15.9. The summed E-state index contributed by atoms with van der Waals surface area (Å²) in [5.74, 6) is 0.0420. The van der Waals surface area contributed by atoms with E-state index < -0.39 is 0 Å². The van der Waals surface area contributed by atoms with Crippen LogP contribution in [0.5, 0.6) is 0 Å². The Balaban J connectivity index is 1.52. The lowest BCUT2D eigenvalue weighted by molar-refractivity contribution is -0.123. The van der Waals surface area contributed by atoms with Crippen molar-refractivity contribution in [3.05, 3.63) is 42.7 Å². The highest BCUT2D eigenvalue weighted by atomic mass is 16.2. The molecule has 1 fully saturated rings. The van der Waals surface area contributed by atoms with Gasteiger partial charge in [-0.05, 0) is 31.5 Å². The lowest BCUT2D eigenvalue weighted by Gasteiger charge is -2.34. The van der Waals surface area contributed by atoms with E-state index in [0.717, 1.165) is 12.1 Å². The van der Waals surface area contributed by atoms with E-state index in [-0.39, 0.29) is 18.0 Å². The predicted octanol–water partition coefficient (Wildman–Crippen LogP) is 1.94. The second-order valence-corrected chi connectivity index (χ2v) is 7.04. The Hall–Kier alpha value is -2.87. The first-order chi connectivity index (χ1) is 13.6. The van der Waals surface area contributed by atoms with Crippen LogP contribution in [0.3, 0.4) is 0 Å². The first-order valence-corrected chi connectivity index (χ1v) is 9.73. The van der Waals surface area contributed by atoms with Crippen molar-refractivity contribution in [2.75, 3.05) is 38.0 Å². The zero-order valence-corrected chi connectivity index (χ0v) is 16.5. The summed E-state index contributed by atoms with van der Waals surface area (Å²) < 4.78 is 1.73. The Morgan fingerprint density at radius 1 is 1.14 bits per heavy atom. The van der Waals surface area contributed by atoms with Crippen molar-refractivity contribution < 1.29 is 9.59 Å². The number of amides is 3. The Labute approximate surface area is 165 Å². The van der Waals surface area contributed by atoms with Crippen molar-refractivity contribution in [3.63, 3.8) is 0 Å². The first kappa shape index (κ1) is 19.9. The average Bonchev–Trinajstić information content (AvgIpc) is 3.23. The number of carbonyl (C=O) groups excluding carboxylic acids is 2. The molecule has 1 aromatic carbocycles. The Bertz CT molecular complexity index is 784. The van der Waals surface area contributed by atoms with Crippen molar-refractivity contribution in [2.45, 2.75) is 26.3 Å². The van der Waals surface area contributed by atoms with Gasteiger partial charge in [-0.2, -0.15) is 5.10 Å². The van der Waals surface area contributed by atoms with Crippen molar-refractivity contribution in [2.24, 2.45) is 0 Å². The van der Waals surface area contributed by atoms with Gasteiger partial charge in [0, 0.05) is 44.6 Å². The molecule has 1 aliphatic rings. The molecule has 1 saturated heterocycles. The number of nitrogens with one attached hydrogen (secondary N) is 2. The van der Waals surface area contributed by atoms with Gasteiger partial charge in [0.15, 0.2) is 0 Å². The Morgan fingerprint density at radius 3 is 2.57 bits per heavy atom. The molecule has 1 atom stereocenters. The molecule has 8 heteroatoms. The van der Waals surface area contributed by atoms with Gasteiger partial charge >= 0.3 is 6.03 Å². The van der Waals surface area contributed by atoms with Gasteiger partial charge in [-0.1, -0.05) is 19.1 Å². The average molecular weight is 384 g/mol. The molecule has 1 unspecified atom stereocenters. The molecule has 2 heterocycles. The summed E-state index contributed by atoms with van der Waals surface area (Å²) in [6, 6.07) is 9.47. The number of hydrogen-bond acceptors (Lipinski definition) is 4. The fourth-order valence-corrected chi connectivity index (χ4v) is 3.12. The highest BCUT2D eigenvalue weighted by Crippen LogP contribution is 2.19. The van der Waals surface area contributed by atoms with Crippen LogP contribution in [0.4, 0.5) is 10.5 Å². The summed E-state index contributed by atoms with van der Waals surface area (Å²) in [6.07, 6.45) is 4.46. The first-order valence-electron chi connectivity index (χ1n) is 9.73. The second-order valence-electron chi connectivity index (χ2n) is 7.04. The van der Waals surface area contributed by atoms with Crippen molar-refractivity contribution in [1.29, 1.82) is 0 Å². The third-order valence-electron chi connectivity index (χ3n) is 4.94. The van der Waals surface area contributed by atoms with Crippen LogP contribution in [0.1, 0.15) is 20.3 Å². The van der Waals surface area contributed by atoms with Crippen LogP contribution in [0.15, 0.2) is 42.7 Å². The molecule has 0 saturated carbocycles. The van der Waals surface area contributed by atoms with Crippen LogP contribution in [0.2, 0.25) is 0 Å². The van der Waals surface area contributed by atoms with Crippen molar-refractivity contribution in [1.82, 2.24) is 24.9 Å². The van der Waals surface area contributed by atoms with Gasteiger partial charge < -0.3 is 15.5 Å². The van der Waals surface area contributed by atoms with E-state index in [9.17, 15) is 9.59 Å². The van der Waals surface area contributed by atoms with Gasteiger partial charge in [0.05, 0.1) is 17.9 Å². The van der Waals surface area contributed by atoms with Crippen LogP contribution in [-0.4, -0.2) is 70.3 Å². The minimum absolute atomic E-state index is 0.0420. The maximum atomic E-state index is 12.7. The molecule has 2 aromatic rings. The van der Waals surface area contributed by atoms with Gasteiger partial charge in [0.25, 0.3) is 0 Å². The molecule has 0 bridgehead atoms. The highest BCUT2D eigenvalue weighted by Gasteiger charge is 2.23. The number of nitrogens with zero attached hydrogens (tertiary/aromatic N) is 4. The minimum Gasteiger partial charge on any atom is -0.353 e. The maximum absolute atomic E-state index is 12.7. The van der Waals surface area contributed by atoms with Crippen molar-refractivity contribution in [3.8, 4) is 5.69 Å². The predicted molar refractivity (Wildman–Crippen MR) is 108 cm³/mol. The number of piperazine rings is 1. The standard InChI is InChI=1S/C20H28N6O2/c1-3-16(2)22-19(27)15-24-11-13-25(14-12-24)20(28)23-17-7-4-5-8-18(17)26-10-6-9-21-26/h4-10,16H,3,11-15H2,1-2H3,(H,22,27)(H,23,28). The van der Waals surface area contributed by atoms with Gasteiger partial charge in [-0.3, -0.25) is 9.69 Å². The molecule has 28 heavy (non-hydrogen) atoms. The van der Waals surface area contributed by atoms with E-state index in [2.05, 4.69) is 20.6 Å². The molecule has 3 amide bonds. The van der Waals surface area contributed by atoms with Crippen LogP contribution in [0.25, 0.3) is 5.69 Å². The zero-order valence-electron chi connectivity index (χ0n) is 16.5. The van der Waals surface area contributed by atoms with E-state index in [4.69, 9.17) is 0 Å². The molecule has 2 N–H and O–H groups in total. The maximum Gasteiger partial charge on any atom is 0.321 e. The van der Waals surface area contributed by atoms with Gasteiger partial charge in [-0.25, -0.2) is 9.48 Å². The zero-order chi connectivity index (χ0) is 19.9. The lowest BCUT2D eigenvalue weighted by atomic mass is 10.2. The summed E-state index contributed by atoms with van der Waals surface area (Å²) in [4.78, 5) is 28.6. The third-order valence-corrected chi connectivity index (χ3v) is 4.94. The molecule has 3 rings (SSSR count). The molecule has 1 aliphatic heterocycles. The number of rotatable bonds is 6. The highest BCUT2D eigenvalue weighted by molar-refractivity contribution is 5.91. The lowest BCUT2D eigenvalue weighted by Crippen LogP contribution is -2.52. The molecule has 1 aromatic heterocycles. The number of aromatic nitrogens is 2. The minimum atomic E-state index is -0.136. The Morgan fingerprint density at radius 2 is 1.89 bits per heavy atom. The van der Waals surface area contributed by atoms with Gasteiger partial charge in [0.1, 0.15) is 0 Å². The molecule has 8 nitrogen and oxygen atoms in total. The topological polar surface area (TPSA) is 82.5 Å². The second kappa shape index (κ2) is 9.36. The summed E-state index contributed by atoms with van der Waals surface area (Å²) in [7, 11) is 0. The molecule has 0 radical (unpaired) electrons. The molecule has 0 spiro atoms. The number of urea groups is 1. The Kier molecular flexibility index (Phi) is 6.65. The quantitative estimate of drug-likeness (QED) is 0.797. The number of benzene rings is 1. The van der Waals surface area contributed by atoms with Crippen LogP contribution in [0, 0.1) is 0 Å². The van der Waals surface area contributed by atoms with E-state index in [1.165, 1.54) is 0 Å². The SMILES string of the molecule is CCC(C)NC(=O)CN1CCN(C(=O)Nc2ccccc2-n2cccn2)CC1. The van der Waals surface area contributed by atoms with Gasteiger partial charge in [-0.15, -0.1) is 0 Å². The monoisotopic (exact) mass is 384 g/mol. The fourth-order valence-electron chi connectivity index (χ4n) is 3.12. The largest absolute Gasteiger partial charge is 0.353 e. The van der Waals surface area contributed by atoms with Gasteiger partial charge in [0.2, 0.25) is 5.91 Å². The van der Waals surface area contributed by atoms with Crippen LogP contribution < -0.4 is 10.6 Å².